The van der Waals surface area contributed by atoms with E-state index in [0.717, 1.165) is 16.6 Å². The summed E-state index contributed by atoms with van der Waals surface area (Å²) < 4.78 is 12.5. The molecular formula is C18H14N2O3. The van der Waals surface area contributed by atoms with Crippen LogP contribution in [0.5, 0.6) is 5.75 Å². The van der Waals surface area contributed by atoms with E-state index in [1.807, 2.05) is 41.9 Å². The average Bonchev–Trinajstić information content (AvgIpc) is 2.96. The molecule has 3 heterocycles. The van der Waals surface area contributed by atoms with Crippen LogP contribution in [0.25, 0.3) is 27.9 Å². The molecule has 0 atom stereocenters. The second kappa shape index (κ2) is 4.98. The number of imidazole rings is 1. The summed E-state index contributed by atoms with van der Waals surface area (Å²) in [6.07, 6.45) is 3.75. The van der Waals surface area contributed by atoms with Gasteiger partial charge in [0.1, 0.15) is 17.0 Å². The number of hydrogen-bond acceptors (Lipinski definition) is 4. The molecule has 0 aliphatic carbocycles. The van der Waals surface area contributed by atoms with Crippen molar-refractivity contribution in [2.75, 3.05) is 7.11 Å². The molecule has 0 aliphatic rings. The SMILES string of the molecule is COc1ccc2oc(=O)c(-c3cn4ccc(C)cc4n3)cc2c1. The topological polar surface area (TPSA) is 56.7 Å². The number of methoxy groups -OCH3 is 1. The molecule has 0 spiro atoms. The van der Waals surface area contributed by atoms with Crippen LogP contribution in [-0.4, -0.2) is 16.5 Å². The number of hydrogen-bond donors (Lipinski definition) is 0. The molecule has 0 unspecified atom stereocenters. The first-order valence-electron chi connectivity index (χ1n) is 7.22. The molecule has 0 saturated carbocycles. The van der Waals surface area contributed by atoms with Crippen molar-refractivity contribution in [2.45, 2.75) is 6.92 Å². The van der Waals surface area contributed by atoms with E-state index < -0.39 is 5.63 Å². The fraction of sp³-hybridized carbons (Fsp3) is 0.111. The van der Waals surface area contributed by atoms with E-state index in [0.29, 0.717) is 22.6 Å². The number of aromatic nitrogens is 2. The van der Waals surface area contributed by atoms with Gasteiger partial charge < -0.3 is 13.6 Å². The highest BCUT2D eigenvalue weighted by Gasteiger charge is 2.12. The summed E-state index contributed by atoms with van der Waals surface area (Å²) in [5.41, 5.74) is 3.07. The number of fused-ring (bicyclic) bond motifs is 2. The number of benzene rings is 1. The molecule has 3 aromatic heterocycles. The molecule has 0 saturated heterocycles. The summed E-state index contributed by atoms with van der Waals surface area (Å²) in [6.45, 7) is 2.00. The lowest BCUT2D eigenvalue weighted by molar-refractivity contribution is 0.415. The fourth-order valence-corrected chi connectivity index (χ4v) is 2.62. The van der Waals surface area contributed by atoms with E-state index in [9.17, 15) is 4.79 Å². The van der Waals surface area contributed by atoms with Crippen LogP contribution in [0, 0.1) is 6.92 Å². The predicted octanol–water partition coefficient (Wildman–Crippen LogP) is 3.42. The summed E-state index contributed by atoms with van der Waals surface area (Å²) in [6, 6.07) is 11.1. The Kier molecular flexibility index (Phi) is 2.94. The van der Waals surface area contributed by atoms with Crippen molar-refractivity contribution in [3.05, 3.63) is 64.8 Å². The lowest BCUT2D eigenvalue weighted by atomic mass is 10.1. The highest BCUT2D eigenvalue weighted by molar-refractivity contribution is 5.82. The number of aryl methyl sites for hydroxylation is 1. The van der Waals surface area contributed by atoms with Crippen molar-refractivity contribution < 1.29 is 9.15 Å². The number of pyridine rings is 1. The minimum absolute atomic E-state index is 0.400. The second-order valence-corrected chi connectivity index (χ2v) is 5.45. The van der Waals surface area contributed by atoms with E-state index >= 15 is 0 Å². The van der Waals surface area contributed by atoms with Crippen molar-refractivity contribution in [2.24, 2.45) is 0 Å². The van der Waals surface area contributed by atoms with Crippen molar-refractivity contribution in [3.63, 3.8) is 0 Å². The Morgan fingerprint density at radius 1 is 1.17 bits per heavy atom. The van der Waals surface area contributed by atoms with Gasteiger partial charge in [0.2, 0.25) is 0 Å². The zero-order chi connectivity index (χ0) is 16.0. The van der Waals surface area contributed by atoms with Gasteiger partial charge in [0, 0.05) is 17.8 Å². The third-order valence-corrected chi connectivity index (χ3v) is 3.83. The van der Waals surface area contributed by atoms with Gasteiger partial charge in [-0.15, -0.1) is 0 Å². The molecule has 0 fully saturated rings. The number of nitrogens with zero attached hydrogens (tertiary/aromatic N) is 2. The zero-order valence-electron chi connectivity index (χ0n) is 12.7. The Bertz CT molecular complexity index is 1090. The van der Waals surface area contributed by atoms with Crippen molar-refractivity contribution in [3.8, 4) is 17.0 Å². The maximum Gasteiger partial charge on any atom is 0.345 e. The van der Waals surface area contributed by atoms with Crippen LogP contribution in [0.2, 0.25) is 0 Å². The first-order chi connectivity index (χ1) is 11.1. The minimum atomic E-state index is -0.400. The van der Waals surface area contributed by atoms with Crippen molar-refractivity contribution in [1.82, 2.24) is 9.38 Å². The molecule has 1 aromatic carbocycles. The van der Waals surface area contributed by atoms with E-state index in [1.165, 1.54) is 0 Å². The quantitative estimate of drug-likeness (QED) is 0.532. The van der Waals surface area contributed by atoms with E-state index in [2.05, 4.69) is 4.98 Å². The number of ether oxygens (including phenoxy) is 1. The lowest BCUT2D eigenvalue weighted by Gasteiger charge is -2.02. The highest BCUT2D eigenvalue weighted by atomic mass is 16.5. The second-order valence-electron chi connectivity index (χ2n) is 5.45. The van der Waals surface area contributed by atoms with Gasteiger partial charge >= 0.3 is 5.63 Å². The summed E-state index contributed by atoms with van der Waals surface area (Å²) >= 11 is 0. The minimum Gasteiger partial charge on any atom is -0.497 e. The zero-order valence-corrected chi connectivity index (χ0v) is 12.7. The van der Waals surface area contributed by atoms with Crippen LogP contribution in [0.3, 0.4) is 0 Å². The van der Waals surface area contributed by atoms with Crippen molar-refractivity contribution in [1.29, 1.82) is 0 Å². The standard InChI is InChI=1S/C18H14N2O3/c1-11-5-6-20-10-15(19-17(20)7-11)14-9-12-8-13(22-2)3-4-16(12)23-18(14)21/h3-10H,1-2H3. The van der Waals surface area contributed by atoms with E-state index in [4.69, 9.17) is 9.15 Å². The van der Waals surface area contributed by atoms with Crippen LogP contribution >= 0.6 is 0 Å². The van der Waals surface area contributed by atoms with Crippen LogP contribution in [0.1, 0.15) is 5.56 Å². The van der Waals surface area contributed by atoms with E-state index in [-0.39, 0.29) is 0 Å². The molecule has 5 nitrogen and oxygen atoms in total. The molecule has 23 heavy (non-hydrogen) atoms. The Balaban J connectivity index is 1.95. The van der Waals surface area contributed by atoms with Gasteiger partial charge in [-0.3, -0.25) is 0 Å². The summed E-state index contributed by atoms with van der Waals surface area (Å²) in [7, 11) is 1.60. The molecular weight excluding hydrogens is 292 g/mol. The molecule has 0 N–H and O–H groups in total. The van der Waals surface area contributed by atoms with Crippen LogP contribution in [0.4, 0.5) is 0 Å². The average molecular weight is 306 g/mol. The van der Waals surface area contributed by atoms with Gasteiger partial charge in [-0.2, -0.15) is 0 Å². The Morgan fingerprint density at radius 3 is 2.87 bits per heavy atom. The highest BCUT2D eigenvalue weighted by Crippen LogP contribution is 2.24. The van der Waals surface area contributed by atoms with Gasteiger partial charge in [-0.05, 0) is 48.9 Å². The third-order valence-electron chi connectivity index (χ3n) is 3.83. The predicted molar refractivity (Wildman–Crippen MR) is 88.0 cm³/mol. The van der Waals surface area contributed by atoms with Gasteiger partial charge in [-0.25, -0.2) is 9.78 Å². The summed E-state index contributed by atoms with van der Waals surface area (Å²) in [4.78, 5) is 16.8. The summed E-state index contributed by atoms with van der Waals surface area (Å²) in [5, 5.41) is 0.798. The molecule has 4 aromatic rings. The molecule has 4 rings (SSSR count). The van der Waals surface area contributed by atoms with Crippen LogP contribution in [0.15, 0.2) is 58.0 Å². The monoisotopic (exact) mass is 306 g/mol. The van der Waals surface area contributed by atoms with Gasteiger partial charge in [0.15, 0.2) is 0 Å². The van der Waals surface area contributed by atoms with Crippen LogP contribution in [-0.2, 0) is 0 Å². The normalized spacial score (nSPS) is 11.2. The van der Waals surface area contributed by atoms with Gasteiger partial charge in [0.25, 0.3) is 0 Å². The maximum atomic E-state index is 12.3. The fourth-order valence-electron chi connectivity index (χ4n) is 2.62. The molecule has 0 radical (unpaired) electrons. The summed E-state index contributed by atoms with van der Waals surface area (Å²) in [5.74, 6) is 0.711. The van der Waals surface area contributed by atoms with E-state index in [1.54, 1.807) is 25.3 Å². The smallest absolute Gasteiger partial charge is 0.345 e. The van der Waals surface area contributed by atoms with Crippen molar-refractivity contribution >= 4 is 16.6 Å². The largest absolute Gasteiger partial charge is 0.497 e. The Hall–Kier alpha value is -3.08. The van der Waals surface area contributed by atoms with Gasteiger partial charge in [-0.1, -0.05) is 0 Å². The maximum absolute atomic E-state index is 12.3. The van der Waals surface area contributed by atoms with Gasteiger partial charge in [0.05, 0.1) is 18.4 Å². The molecule has 0 amide bonds. The first kappa shape index (κ1) is 13.6. The lowest BCUT2D eigenvalue weighted by Crippen LogP contribution is -2.02. The first-order valence-corrected chi connectivity index (χ1v) is 7.22. The Labute approximate surface area is 131 Å². The third kappa shape index (κ3) is 2.26. The Morgan fingerprint density at radius 2 is 2.04 bits per heavy atom. The molecule has 0 bridgehead atoms. The number of rotatable bonds is 2. The van der Waals surface area contributed by atoms with Crippen LogP contribution < -0.4 is 10.4 Å². The molecule has 0 aliphatic heterocycles. The molecule has 5 heteroatoms. The molecule has 114 valence electrons.